The van der Waals surface area contributed by atoms with Crippen LogP contribution in [0.3, 0.4) is 0 Å². The van der Waals surface area contributed by atoms with E-state index in [2.05, 4.69) is 75.1 Å². The normalized spacial score (nSPS) is 11.8. The minimum Gasteiger partial charge on any atom is -1.00 e. The third-order valence-electron chi connectivity index (χ3n) is 4.81. The molecule has 0 fully saturated rings. The molecule has 2 aromatic carbocycles. The van der Waals surface area contributed by atoms with Gasteiger partial charge in [0.15, 0.2) is 0 Å². The van der Waals surface area contributed by atoms with Gasteiger partial charge in [0.1, 0.15) is 18.9 Å². The van der Waals surface area contributed by atoms with E-state index in [1.165, 1.54) is 11.1 Å². The maximum absolute atomic E-state index is 10.6. The molecule has 0 aliphatic carbocycles. The Morgan fingerprint density at radius 3 is 2.42 bits per heavy atom. The highest BCUT2D eigenvalue weighted by atomic mass is 35.5. The van der Waals surface area contributed by atoms with Gasteiger partial charge in [-0.25, -0.2) is 4.79 Å². The number of benzene rings is 2. The molecule has 31 heavy (non-hydrogen) atoms. The quantitative estimate of drug-likeness (QED) is 0.450. The van der Waals surface area contributed by atoms with E-state index in [9.17, 15) is 4.79 Å². The lowest BCUT2D eigenvalue weighted by Crippen LogP contribution is -3.00. The fourth-order valence-electron chi connectivity index (χ4n) is 3.16. The van der Waals surface area contributed by atoms with Gasteiger partial charge >= 0.3 is 5.97 Å². The van der Waals surface area contributed by atoms with Gasteiger partial charge in [-0.2, -0.15) is 0 Å². The van der Waals surface area contributed by atoms with Crippen molar-refractivity contribution in [3.63, 3.8) is 0 Å². The van der Waals surface area contributed by atoms with Crippen LogP contribution in [0.5, 0.6) is 5.75 Å². The van der Waals surface area contributed by atoms with Gasteiger partial charge in [-0.15, -0.1) is 0 Å². The van der Waals surface area contributed by atoms with Crippen molar-refractivity contribution < 1.29 is 31.5 Å². The zero-order valence-corrected chi connectivity index (χ0v) is 19.8. The predicted molar refractivity (Wildman–Crippen MR) is 120 cm³/mol. The standard InChI is InChI=1S/C25H32N2O3.ClH/c1-20(26(2)15-9-12-25(28)29)16-22-13-14-24(23(17-22)18-27(3,4)5)30-19-21-10-7-6-8-11-21;/h6-8,10-11,13-14,17,20H,15-16,18-19H2,1-5H3;1H/t20-;/m1./s1. The summed E-state index contributed by atoms with van der Waals surface area (Å²) in [5.41, 5.74) is 3.57. The first-order valence-corrected chi connectivity index (χ1v) is 10.1. The van der Waals surface area contributed by atoms with Gasteiger partial charge in [-0.1, -0.05) is 42.3 Å². The van der Waals surface area contributed by atoms with E-state index >= 15 is 0 Å². The van der Waals surface area contributed by atoms with Crippen molar-refractivity contribution in [1.82, 2.24) is 4.90 Å². The van der Waals surface area contributed by atoms with Crippen LogP contribution in [0.25, 0.3) is 0 Å². The molecule has 0 amide bonds. The third kappa shape index (κ3) is 9.89. The van der Waals surface area contributed by atoms with Gasteiger partial charge in [-0.05, 0) is 43.7 Å². The van der Waals surface area contributed by atoms with E-state index in [1.807, 2.05) is 25.2 Å². The van der Waals surface area contributed by atoms with Gasteiger partial charge in [-0.3, -0.25) is 4.90 Å². The first-order valence-electron chi connectivity index (χ1n) is 10.1. The van der Waals surface area contributed by atoms with Crippen LogP contribution >= 0.6 is 0 Å². The molecule has 2 rings (SSSR count). The molecule has 6 heteroatoms. The minimum absolute atomic E-state index is 0. The van der Waals surface area contributed by atoms with Crippen LogP contribution in [0.15, 0.2) is 48.5 Å². The lowest BCUT2D eigenvalue weighted by Gasteiger charge is -2.26. The number of ether oxygens (including phenoxy) is 1. The van der Waals surface area contributed by atoms with Crippen LogP contribution in [0, 0.1) is 11.8 Å². The summed E-state index contributed by atoms with van der Waals surface area (Å²) in [6.45, 7) is 3.97. The Morgan fingerprint density at radius 1 is 1.13 bits per heavy atom. The smallest absolute Gasteiger partial charge is 0.381 e. The van der Waals surface area contributed by atoms with Crippen LogP contribution in [-0.2, 0) is 24.4 Å². The van der Waals surface area contributed by atoms with Crippen LogP contribution in [-0.4, -0.2) is 61.2 Å². The lowest BCUT2D eigenvalue weighted by atomic mass is 10.0. The Kier molecular flexibility index (Phi) is 10.6. The van der Waals surface area contributed by atoms with Crippen molar-refractivity contribution >= 4 is 5.97 Å². The number of halogens is 1. The molecule has 168 valence electrons. The zero-order valence-electron chi connectivity index (χ0n) is 19.1. The average molecular weight is 445 g/mol. The molecule has 0 saturated carbocycles. The molecule has 0 bridgehead atoms. The number of aliphatic carboxylic acids is 1. The van der Waals surface area contributed by atoms with E-state index < -0.39 is 5.97 Å². The van der Waals surface area contributed by atoms with Crippen molar-refractivity contribution in [2.75, 3.05) is 34.7 Å². The number of nitrogens with zero attached hydrogens (tertiary/aromatic N) is 2. The first-order chi connectivity index (χ1) is 14.1. The highest BCUT2D eigenvalue weighted by molar-refractivity contribution is 5.86. The topological polar surface area (TPSA) is 49.8 Å². The molecule has 0 aliphatic rings. The molecule has 2 aromatic rings. The van der Waals surface area contributed by atoms with Crippen LogP contribution in [0.1, 0.15) is 23.6 Å². The molecular formula is C25H33ClN2O3. The number of quaternary nitrogens is 1. The molecule has 1 atom stereocenters. The van der Waals surface area contributed by atoms with Crippen molar-refractivity contribution in [3.8, 4) is 17.6 Å². The minimum atomic E-state index is -1.09. The third-order valence-corrected chi connectivity index (χ3v) is 4.81. The highest BCUT2D eigenvalue weighted by Gasteiger charge is 2.16. The monoisotopic (exact) mass is 444 g/mol. The number of carboxylic acids is 1. The summed E-state index contributed by atoms with van der Waals surface area (Å²) < 4.78 is 6.97. The number of hydrogen-bond acceptors (Lipinski definition) is 3. The molecular weight excluding hydrogens is 412 g/mol. The fraction of sp³-hybridized carbons (Fsp3) is 0.400. The van der Waals surface area contributed by atoms with Gasteiger partial charge in [0.25, 0.3) is 0 Å². The molecule has 5 nitrogen and oxygen atoms in total. The Morgan fingerprint density at radius 2 is 1.81 bits per heavy atom. The molecule has 0 unspecified atom stereocenters. The molecule has 0 heterocycles. The lowest BCUT2D eigenvalue weighted by molar-refractivity contribution is -0.884. The molecule has 0 saturated heterocycles. The summed E-state index contributed by atoms with van der Waals surface area (Å²) in [5, 5.41) is 8.66. The molecule has 0 aromatic heterocycles. The Balaban J connectivity index is 0.00000480. The Hall–Kier alpha value is -2.52. The number of likely N-dealkylation sites (N-methyl/N-ethyl adjacent to an activating group) is 1. The molecule has 0 spiro atoms. The molecule has 0 radical (unpaired) electrons. The summed E-state index contributed by atoms with van der Waals surface area (Å²) in [4.78, 5) is 12.6. The maximum atomic E-state index is 10.6. The maximum Gasteiger partial charge on any atom is 0.381 e. The van der Waals surface area contributed by atoms with Crippen LogP contribution in [0.4, 0.5) is 0 Å². The van der Waals surface area contributed by atoms with Crippen LogP contribution in [0.2, 0.25) is 0 Å². The fourth-order valence-corrected chi connectivity index (χ4v) is 3.16. The van der Waals surface area contributed by atoms with Gasteiger partial charge in [0, 0.05) is 17.5 Å². The largest absolute Gasteiger partial charge is 1.00 e. The number of hydrogen-bond donors (Lipinski definition) is 1. The van der Waals surface area contributed by atoms with Crippen molar-refractivity contribution in [1.29, 1.82) is 0 Å². The first kappa shape index (κ1) is 26.5. The number of carboxylic acid groups (broad SMARTS) is 1. The summed E-state index contributed by atoms with van der Waals surface area (Å²) in [6.07, 6.45) is 0.856. The molecule has 0 aliphatic heterocycles. The average Bonchev–Trinajstić information content (AvgIpc) is 2.66. The summed E-state index contributed by atoms with van der Waals surface area (Å²) in [6, 6.07) is 16.8. The number of rotatable bonds is 9. The summed E-state index contributed by atoms with van der Waals surface area (Å²) >= 11 is 0. The highest BCUT2D eigenvalue weighted by Crippen LogP contribution is 2.25. The van der Waals surface area contributed by atoms with E-state index in [0.717, 1.165) is 28.8 Å². The van der Waals surface area contributed by atoms with Crippen molar-refractivity contribution in [3.05, 3.63) is 65.2 Å². The van der Waals surface area contributed by atoms with E-state index in [4.69, 9.17) is 9.84 Å². The Bertz CT molecular complexity index is 898. The second kappa shape index (κ2) is 12.4. The summed E-state index contributed by atoms with van der Waals surface area (Å²) in [5.74, 6) is 4.69. The van der Waals surface area contributed by atoms with E-state index in [-0.39, 0.29) is 18.4 Å². The zero-order chi connectivity index (χ0) is 22.1. The predicted octanol–water partition coefficient (Wildman–Crippen LogP) is 0.427. The SMILES string of the molecule is C[C@H](Cc1ccc(OCc2ccccc2)c(C[N+](C)(C)C)c1)N(C)CC#CC(=O)O.[Cl-]. The van der Waals surface area contributed by atoms with Crippen molar-refractivity contribution in [2.45, 2.75) is 32.5 Å². The van der Waals surface area contributed by atoms with Crippen molar-refractivity contribution in [2.24, 2.45) is 0 Å². The van der Waals surface area contributed by atoms with Gasteiger partial charge in [0.05, 0.1) is 27.7 Å². The van der Waals surface area contributed by atoms with E-state index in [0.29, 0.717) is 13.2 Å². The van der Waals surface area contributed by atoms with Gasteiger partial charge < -0.3 is 26.7 Å². The second-order valence-corrected chi connectivity index (χ2v) is 8.74. The Labute approximate surface area is 192 Å². The number of carbonyl (C=O) groups is 1. The van der Waals surface area contributed by atoms with Gasteiger partial charge in [0.2, 0.25) is 0 Å². The van der Waals surface area contributed by atoms with Crippen LogP contribution < -0.4 is 17.1 Å². The molecule has 1 N–H and O–H groups in total. The second-order valence-electron chi connectivity index (χ2n) is 8.74. The summed E-state index contributed by atoms with van der Waals surface area (Å²) in [7, 11) is 8.48. The van der Waals surface area contributed by atoms with E-state index in [1.54, 1.807) is 0 Å².